The molecule has 0 aromatic heterocycles. The Morgan fingerprint density at radius 1 is 1.30 bits per heavy atom. The van der Waals surface area contributed by atoms with Crippen LogP contribution in [0.25, 0.3) is 0 Å². The topological polar surface area (TPSA) is 74.8 Å². The molecule has 128 valence electrons. The summed E-state index contributed by atoms with van der Waals surface area (Å²) in [5.41, 5.74) is 0.719. The molecule has 23 heavy (non-hydrogen) atoms. The Morgan fingerprint density at radius 2 is 1.91 bits per heavy atom. The molecule has 1 amide bonds. The van der Waals surface area contributed by atoms with Gasteiger partial charge in [-0.15, -0.1) is 0 Å². The summed E-state index contributed by atoms with van der Waals surface area (Å²) in [6.45, 7) is 2.40. The highest BCUT2D eigenvalue weighted by Crippen LogP contribution is 2.24. The predicted octanol–water partition coefficient (Wildman–Crippen LogP) is 1.20. The van der Waals surface area contributed by atoms with Gasteiger partial charge in [0.15, 0.2) is 0 Å². The first-order valence-corrected chi connectivity index (χ1v) is 10.6. The summed E-state index contributed by atoms with van der Waals surface area (Å²) in [4.78, 5) is 13.6. The summed E-state index contributed by atoms with van der Waals surface area (Å²) < 4.78 is 37.7. The fourth-order valence-corrected chi connectivity index (χ4v) is 4.93. The molecule has 1 aromatic rings. The molecule has 0 bridgehead atoms. The Bertz CT molecular complexity index is 701. The molecular formula is C15H22N2O4S2. The van der Waals surface area contributed by atoms with Crippen molar-refractivity contribution >= 4 is 32.4 Å². The predicted molar refractivity (Wildman–Crippen MR) is 91.4 cm³/mol. The second kappa shape index (κ2) is 7.11. The molecule has 6 nitrogen and oxygen atoms in total. The number of rotatable bonds is 6. The third-order valence-electron chi connectivity index (χ3n) is 4.00. The molecule has 0 spiro atoms. The van der Waals surface area contributed by atoms with E-state index in [0.29, 0.717) is 13.0 Å². The Labute approximate surface area is 140 Å². The van der Waals surface area contributed by atoms with Crippen LogP contribution in [0.2, 0.25) is 0 Å². The number of carbonyl (C=O) groups is 1. The number of anilines is 1. The van der Waals surface area contributed by atoms with Crippen molar-refractivity contribution in [3.8, 4) is 0 Å². The zero-order chi connectivity index (χ0) is 17.2. The number of carbonyl (C=O) groups excluding carboxylic acids is 1. The summed E-state index contributed by atoms with van der Waals surface area (Å²) in [7, 11) is -3.22. The van der Waals surface area contributed by atoms with Gasteiger partial charge in [0.05, 0.1) is 4.90 Å². The minimum absolute atomic E-state index is 0.0665. The van der Waals surface area contributed by atoms with E-state index in [1.54, 1.807) is 30.2 Å². The fraction of sp³-hybridized carbons (Fsp3) is 0.533. The Hall–Kier alpha value is -1.25. The highest BCUT2D eigenvalue weighted by Gasteiger charge is 2.27. The van der Waals surface area contributed by atoms with Crippen LogP contribution < -0.4 is 4.90 Å². The lowest BCUT2D eigenvalue weighted by Gasteiger charge is -2.24. The van der Waals surface area contributed by atoms with E-state index in [1.807, 2.05) is 0 Å². The van der Waals surface area contributed by atoms with Crippen molar-refractivity contribution in [1.82, 2.24) is 4.31 Å². The minimum atomic E-state index is -3.64. The summed E-state index contributed by atoms with van der Waals surface area (Å²) in [5.74, 6) is 0.354. The zero-order valence-electron chi connectivity index (χ0n) is 13.6. The van der Waals surface area contributed by atoms with E-state index in [0.717, 1.165) is 12.1 Å². The monoisotopic (exact) mass is 358 g/mol. The Balaban J connectivity index is 2.20. The second-order valence-electron chi connectivity index (χ2n) is 5.75. The normalized spacial score (nSPS) is 18.4. The molecular weight excluding hydrogens is 336 g/mol. The molecule has 0 N–H and O–H groups in total. The summed E-state index contributed by atoms with van der Waals surface area (Å²) >= 11 is 0. The maximum atomic E-state index is 12.6. The van der Waals surface area contributed by atoms with Crippen molar-refractivity contribution in [1.29, 1.82) is 0 Å². The van der Waals surface area contributed by atoms with Gasteiger partial charge in [-0.05, 0) is 37.6 Å². The summed E-state index contributed by atoms with van der Waals surface area (Å²) in [6, 6.07) is 6.00. The van der Waals surface area contributed by atoms with E-state index >= 15 is 0 Å². The van der Waals surface area contributed by atoms with Crippen LogP contribution in [0.1, 0.15) is 19.8 Å². The number of sulfonamides is 1. The third kappa shape index (κ3) is 3.99. The van der Waals surface area contributed by atoms with E-state index < -0.39 is 20.8 Å². The number of hydrogen-bond donors (Lipinski definition) is 0. The molecule has 2 rings (SSSR count). The first kappa shape index (κ1) is 18.1. The first-order valence-electron chi connectivity index (χ1n) is 7.42. The number of nitrogens with zero attached hydrogens (tertiary/aromatic N) is 2. The number of amides is 1. The lowest BCUT2D eigenvalue weighted by atomic mass is 10.3. The van der Waals surface area contributed by atoms with E-state index in [4.69, 9.17) is 0 Å². The fourth-order valence-electron chi connectivity index (χ4n) is 2.57. The van der Waals surface area contributed by atoms with Crippen LogP contribution in [0, 0.1) is 0 Å². The molecule has 1 saturated heterocycles. The third-order valence-corrected chi connectivity index (χ3v) is 6.93. The van der Waals surface area contributed by atoms with E-state index in [1.165, 1.54) is 23.5 Å². The van der Waals surface area contributed by atoms with E-state index in [2.05, 4.69) is 0 Å². The summed E-state index contributed by atoms with van der Waals surface area (Å²) in [5, 5.41) is 0. The molecule has 2 atom stereocenters. The minimum Gasteiger partial charge on any atom is -0.312 e. The van der Waals surface area contributed by atoms with Crippen LogP contribution in [0.5, 0.6) is 0 Å². The molecule has 1 fully saturated rings. The van der Waals surface area contributed by atoms with Gasteiger partial charge in [0.1, 0.15) is 0 Å². The van der Waals surface area contributed by atoms with Crippen molar-refractivity contribution in [2.24, 2.45) is 0 Å². The zero-order valence-corrected chi connectivity index (χ0v) is 15.2. The van der Waals surface area contributed by atoms with Gasteiger partial charge < -0.3 is 4.90 Å². The van der Waals surface area contributed by atoms with Crippen LogP contribution in [-0.2, 0) is 25.6 Å². The van der Waals surface area contributed by atoms with Crippen LogP contribution in [0.3, 0.4) is 0 Å². The average molecular weight is 358 g/mol. The van der Waals surface area contributed by atoms with Gasteiger partial charge in [-0.2, -0.15) is 4.31 Å². The van der Waals surface area contributed by atoms with Crippen LogP contribution in [-0.4, -0.2) is 54.5 Å². The van der Waals surface area contributed by atoms with Crippen LogP contribution in [0.4, 0.5) is 5.69 Å². The van der Waals surface area contributed by atoms with Gasteiger partial charge in [-0.25, -0.2) is 8.42 Å². The van der Waals surface area contributed by atoms with Crippen LogP contribution >= 0.6 is 0 Å². The highest BCUT2D eigenvalue weighted by atomic mass is 32.2. The van der Waals surface area contributed by atoms with Gasteiger partial charge in [-0.3, -0.25) is 9.00 Å². The van der Waals surface area contributed by atoms with Gasteiger partial charge >= 0.3 is 0 Å². The standard InChI is InChI=1S/C15H22N2O4S2/c1-12(11-22(3)19)16(2)23(20,21)14-8-6-13(7-9-14)17-10-4-5-15(17)18/h6-9,12H,4-5,10-11H2,1-3H3/t12-,22-/m1/s1. The molecule has 1 aliphatic heterocycles. The maximum Gasteiger partial charge on any atom is 0.243 e. The van der Waals surface area contributed by atoms with Crippen molar-refractivity contribution < 1.29 is 17.4 Å². The molecule has 0 radical (unpaired) electrons. The molecule has 0 aliphatic carbocycles. The van der Waals surface area contributed by atoms with E-state index in [9.17, 15) is 17.4 Å². The Kier molecular flexibility index (Phi) is 5.59. The van der Waals surface area contributed by atoms with Gasteiger partial charge in [0, 0.05) is 54.6 Å². The molecule has 0 unspecified atom stereocenters. The lowest BCUT2D eigenvalue weighted by molar-refractivity contribution is -0.117. The smallest absolute Gasteiger partial charge is 0.243 e. The largest absolute Gasteiger partial charge is 0.312 e. The first-order chi connectivity index (χ1) is 10.7. The van der Waals surface area contributed by atoms with Crippen molar-refractivity contribution in [2.75, 3.05) is 30.5 Å². The van der Waals surface area contributed by atoms with Gasteiger partial charge in [0.2, 0.25) is 15.9 Å². The molecule has 8 heteroatoms. The van der Waals surface area contributed by atoms with Crippen molar-refractivity contribution in [2.45, 2.75) is 30.7 Å². The quantitative estimate of drug-likeness (QED) is 0.766. The number of benzene rings is 1. The Morgan fingerprint density at radius 3 is 2.39 bits per heavy atom. The van der Waals surface area contributed by atoms with Crippen LogP contribution in [0.15, 0.2) is 29.2 Å². The van der Waals surface area contributed by atoms with Crippen molar-refractivity contribution in [3.05, 3.63) is 24.3 Å². The second-order valence-corrected chi connectivity index (χ2v) is 9.23. The summed E-state index contributed by atoms with van der Waals surface area (Å²) in [6.07, 6.45) is 2.92. The molecule has 1 aromatic carbocycles. The average Bonchev–Trinajstić information content (AvgIpc) is 2.92. The highest BCUT2D eigenvalue weighted by molar-refractivity contribution is 7.89. The lowest BCUT2D eigenvalue weighted by Crippen LogP contribution is -2.38. The molecule has 1 heterocycles. The van der Waals surface area contributed by atoms with Gasteiger partial charge in [-0.1, -0.05) is 0 Å². The maximum absolute atomic E-state index is 12.6. The van der Waals surface area contributed by atoms with Crippen molar-refractivity contribution in [3.63, 3.8) is 0 Å². The van der Waals surface area contributed by atoms with E-state index in [-0.39, 0.29) is 22.6 Å². The number of hydrogen-bond acceptors (Lipinski definition) is 4. The SMILES string of the molecule is C[C@H](C[S@@](C)=O)N(C)S(=O)(=O)c1ccc(N2CCCC2=O)cc1. The van der Waals surface area contributed by atoms with Gasteiger partial charge in [0.25, 0.3) is 0 Å². The molecule has 1 aliphatic rings. The molecule has 0 saturated carbocycles.